The molecule has 24 heavy (non-hydrogen) atoms. The van der Waals surface area contributed by atoms with E-state index in [9.17, 15) is 9.18 Å². The van der Waals surface area contributed by atoms with Gasteiger partial charge in [-0.05, 0) is 45.7 Å². The Hall–Kier alpha value is -1.21. The molecule has 4 nitrogen and oxygen atoms in total. The Balaban J connectivity index is 1.69. The molecule has 0 N–H and O–H groups in total. The lowest BCUT2D eigenvalue weighted by Crippen LogP contribution is -2.41. The number of benzene rings is 1. The lowest BCUT2D eigenvalue weighted by molar-refractivity contribution is 0.0205. The Labute approximate surface area is 153 Å². The highest BCUT2D eigenvalue weighted by molar-refractivity contribution is 9.10. The average Bonchev–Trinajstić information content (AvgIpc) is 2.90. The average molecular weight is 415 g/mol. The lowest BCUT2D eigenvalue weighted by atomic mass is 9.98. The van der Waals surface area contributed by atoms with Crippen LogP contribution < -0.4 is 0 Å². The van der Waals surface area contributed by atoms with Gasteiger partial charge >= 0.3 is 6.09 Å². The van der Waals surface area contributed by atoms with Crippen molar-refractivity contribution >= 4 is 43.6 Å². The molecule has 1 aliphatic heterocycles. The molecule has 1 saturated heterocycles. The first-order chi connectivity index (χ1) is 11.2. The van der Waals surface area contributed by atoms with Gasteiger partial charge in [0.15, 0.2) is 5.82 Å². The second kappa shape index (κ2) is 6.59. The minimum absolute atomic E-state index is 0.263. The van der Waals surface area contributed by atoms with Gasteiger partial charge in [-0.3, -0.25) is 0 Å². The van der Waals surface area contributed by atoms with Gasteiger partial charge < -0.3 is 9.64 Å². The number of thiazole rings is 1. The van der Waals surface area contributed by atoms with Gasteiger partial charge in [-0.15, -0.1) is 11.3 Å². The molecule has 7 heteroatoms. The lowest BCUT2D eigenvalue weighted by Gasteiger charge is -2.32. The number of amides is 1. The number of likely N-dealkylation sites (tertiary alicyclic amines) is 1. The Morgan fingerprint density at radius 1 is 1.38 bits per heavy atom. The van der Waals surface area contributed by atoms with Crippen LogP contribution in [0, 0.1) is 5.82 Å². The molecule has 1 aromatic carbocycles. The van der Waals surface area contributed by atoms with E-state index in [1.165, 1.54) is 17.4 Å². The summed E-state index contributed by atoms with van der Waals surface area (Å²) in [7, 11) is 0. The highest BCUT2D eigenvalue weighted by Gasteiger charge is 2.29. The molecule has 0 saturated carbocycles. The van der Waals surface area contributed by atoms with Crippen LogP contribution in [-0.4, -0.2) is 34.7 Å². The molecule has 0 bridgehead atoms. The molecular weight excluding hydrogens is 395 g/mol. The van der Waals surface area contributed by atoms with Crippen molar-refractivity contribution in [2.75, 3.05) is 13.1 Å². The van der Waals surface area contributed by atoms with Gasteiger partial charge in [0.2, 0.25) is 0 Å². The number of carbonyl (C=O) groups excluding carboxylic acids is 1. The quantitative estimate of drug-likeness (QED) is 0.634. The molecule has 2 aromatic rings. The van der Waals surface area contributed by atoms with E-state index in [2.05, 4.69) is 20.9 Å². The SMILES string of the molecule is CC(C)(C)OC(=O)N1CCC(c2nc3c(F)cc(Br)cc3s2)CC1. The smallest absolute Gasteiger partial charge is 0.410 e. The summed E-state index contributed by atoms with van der Waals surface area (Å²) in [6.07, 6.45) is 1.38. The van der Waals surface area contributed by atoms with Gasteiger partial charge in [-0.25, -0.2) is 14.2 Å². The molecule has 0 aliphatic carbocycles. The second-order valence-corrected chi connectivity index (χ2v) is 9.01. The van der Waals surface area contributed by atoms with Gasteiger partial charge in [0.1, 0.15) is 11.1 Å². The topological polar surface area (TPSA) is 42.4 Å². The number of hydrogen-bond donors (Lipinski definition) is 0. The molecule has 1 amide bonds. The van der Waals surface area contributed by atoms with Crippen molar-refractivity contribution in [1.82, 2.24) is 9.88 Å². The second-order valence-electron chi connectivity index (χ2n) is 7.03. The van der Waals surface area contributed by atoms with Gasteiger partial charge in [0.25, 0.3) is 0 Å². The summed E-state index contributed by atoms with van der Waals surface area (Å²) in [5.74, 6) is -0.0349. The third-order valence-electron chi connectivity index (χ3n) is 3.93. The monoisotopic (exact) mass is 414 g/mol. The first kappa shape index (κ1) is 17.6. The maximum absolute atomic E-state index is 14.0. The molecule has 0 atom stereocenters. The fourth-order valence-electron chi connectivity index (χ4n) is 2.78. The Morgan fingerprint density at radius 2 is 2.04 bits per heavy atom. The normalized spacial score (nSPS) is 16.6. The molecule has 3 rings (SSSR count). The van der Waals surface area contributed by atoms with Crippen molar-refractivity contribution < 1.29 is 13.9 Å². The van der Waals surface area contributed by atoms with E-state index >= 15 is 0 Å². The van der Waals surface area contributed by atoms with Crippen LogP contribution in [0.1, 0.15) is 44.5 Å². The van der Waals surface area contributed by atoms with Crippen LogP contribution in [0.15, 0.2) is 16.6 Å². The number of ether oxygens (including phenoxy) is 1. The molecular formula is C17H20BrFN2O2S. The molecule has 0 radical (unpaired) electrons. The number of carbonyl (C=O) groups is 1. The van der Waals surface area contributed by atoms with Crippen LogP contribution in [0.3, 0.4) is 0 Å². The molecule has 0 spiro atoms. The third-order valence-corrected chi connectivity index (χ3v) is 5.55. The number of nitrogens with zero attached hydrogens (tertiary/aromatic N) is 2. The van der Waals surface area contributed by atoms with E-state index < -0.39 is 5.60 Å². The predicted molar refractivity (Wildman–Crippen MR) is 97.1 cm³/mol. The van der Waals surface area contributed by atoms with Crippen molar-refractivity contribution in [3.8, 4) is 0 Å². The van der Waals surface area contributed by atoms with E-state index in [0.29, 0.717) is 18.6 Å². The Morgan fingerprint density at radius 3 is 2.67 bits per heavy atom. The van der Waals surface area contributed by atoms with E-state index in [1.807, 2.05) is 26.8 Å². The number of halogens is 2. The van der Waals surface area contributed by atoms with Crippen molar-refractivity contribution in [1.29, 1.82) is 0 Å². The highest BCUT2D eigenvalue weighted by Crippen LogP contribution is 2.36. The molecule has 130 valence electrons. The number of piperidine rings is 1. The van der Waals surface area contributed by atoms with Crippen LogP contribution in [0.4, 0.5) is 9.18 Å². The largest absolute Gasteiger partial charge is 0.444 e. The van der Waals surface area contributed by atoms with Crippen LogP contribution in [0.2, 0.25) is 0 Å². The van der Waals surface area contributed by atoms with E-state index in [4.69, 9.17) is 4.74 Å². The Kier molecular flexibility index (Phi) is 4.84. The molecule has 1 fully saturated rings. The van der Waals surface area contributed by atoms with Crippen molar-refractivity contribution in [2.45, 2.75) is 45.1 Å². The maximum atomic E-state index is 14.0. The number of hydrogen-bond acceptors (Lipinski definition) is 4. The number of aromatic nitrogens is 1. The van der Waals surface area contributed by atoms with E-state index in [1.54, 1.807) is 4.90 Å². The number of rotatable bonds is 1. The minimum atomic E-state index is -0.480. The first-order valence-corrected chi connectivity index (χ1v) is 9.57. The summed E-state index contributed by atoms with van der Waals surface area (Å²) >= 11 is 4.85. The predicted octanol–water partition coefficient (Wildman–Crippen LogP) is 5.31. The van der Waals surface area contributed by atoms with Gasteiger partial charge in [0, 0.05) is 23.5 Å². The van der Waals surface area contributed by atoms with Crippen molar-refractivity contribution in [3.05, 3.63) is 27.4 Å². The van der Waals surface area contributed by atoms with Crippen molar-refractivity contribution in [2.24, 2.45) is 0 Å². The van der Waals surface area contributed by atoms with Gasteiger partial charge in [0.05, 0.1) is 9.71 Å². The van der Waals surface area contributed by atoms with Crippen LogP contribution in [0.5, 0.6) is 0 Å². The minimum Gasteiger partial charge on any atom is -0.444 e. The Bertz CT molecular complexity index is 764. The summed E-state index contributed by atoms with van der Waals surface area (Å²) in [6, 6.07) is 3.34. The fraction of sp³-hybridized carbons (Fsp3) is 0.529. The van der Waals surface area contributed by atoms with E-state index in [0.717, 1.165) is 27.0 Å². The van der Waals surface area contributed by atoms with Crippen LogP contribution >= 0.6 is 27.3 Å². The van der Waals surface area contributed by atoms with Crippen LogP contribution in [0.25, 0.3) is 10.2 Å². The standard InChI is InChI=1S/C17H20BrFN2O2S/c1-17(2,3)23-16(22)21-6-4-10(5-7-21)15-20-14-12(19)8-11(18)9-13(14)24-15/h8-10H,4-7H2,1-3H3. The summed E-state index contributed by atoms with van der Waals surface area (Å²) in [6.45, 7) is 6.88. The first-order valence-electron chi connectivity index (χ1n) is 7.96. The highest BCUT2D eigenvalue weighted by atomic mass is 79.9. The zero-order chi connectivity index (χ0) is 17.5. The molecule has 1 aromatic heterocycles. The molecule has 1 aliphatic rings. The van der Waals surface area contributed by atoms with E-state index in [-0.39, 0.29) is 17.8 Å². The van der Waals surface area contributed by atoms with Crippen LogP contribution in [-0.2, 0) is 4.74 Å². The summed E-state index contributed by atoms with van der Waals surface area (Å²) in [5, 5.41) is 0.950. The fourth-order valence-corrected chi connectivity index (χ4v) is 4.56. The third kappa shape index (κ3) is 3.88. The molecule has 0 unspecified atom stereocenters. The van der Waals surface area contributed by atoms with Gasteiger partial charge in [-0.1, -0.05) is 15.9 Å². The maximum Gasteiger partial charge on any atom is 0.410 e. The summed E-state index contributed by atoms with van der Waals surface area (Å²) in [4.78, 5) is 18.4. The zero-order valence-corrected chi connectivity index (χ0v) is 16.3. The van der Waals surface area contributed by atoms with Crippen molar-refractivity contribution in [3.63, 3.8) is 0 Å². The number of fused-ring (bicyclic) bond motifs is 1. The summed E-state index contributed by atoms with van der Waals surface area (Å²) < 4.78 is 21.0. The van der Waals surface area contributed by atoms with Gasteiger partial charge in [-0.2, -0.15) is 0 Å². The zero-order valence-electron chi connectivity index (χ0n) is 13.9. The molecule has 2 heterocycles. The summed E-state index contributed by atoms with van der Waals surface area (Å²) in [5.41, 5.74) is -0.0425.